The molecule has 0 saturated carbocycles. The molecule has 3 heterocycles. The predicted octanol–water partition coefficient (Wildman–Crippen LogP) is 4.09. The summed E-state index contributed by atoms with van der Waals surface area (Å²) in [5.41, 5.74) is 7.12. The van der Waals surface area contributed by atoms with E-state index in [0.717, 1.165) is 39.0 Å². The maximum absolute atomic E-state index is 5.91. The second-order valence-electron chi connectivity index (χ2n) is 5.80. The SMILES string of the molecule is Cc1cc[n+](C)c(-c2nc3c(cc2C)oc2ccccc23)c1. The highest BCUT2D eigenvalue weighted by Gasteiger charge is 2.18. The molecule has 0 aliphatic rings. The van der Waals surface area contributed by atoms with Gasteiger partial charge in [-0.05, 0) is 43.2 Å². The number of hydrogen-bond acceptors (Lipinski definition) is 2. The summed E-state index contributed by atoms with van der Waals surface area (Å²) in [5, 5.41) is 1.06. The quantitative estimate of drug-likeness (QED) is 0.494. The molecule has 0 spiro atoms. The van der Waals surface area contributed by atoms with Crippen LogP contribution in [0, 0.1) is 13.8 Å². The van der Waals surface area contributed by atoms with Gasteiger partial charge >= 0.3 is 0 Å². The van der Waals surface area contributed by atoms with Crippen molar-refractivity contribution in [1.29, 1.82) is 0 Å². The first-order valence-electron chi connectivity index (χ1n) is 7.39. The average Bonchev–Trinajstić information content (AvgIpc) is 2.86. The fourth-order valence-corrected chi connectivity index (χ4v) is 2.90. The summed E-state index contributed by atoms with van der Waals surface area (Å²) in [6, 6.07) is 14.4. The minimum absolute atomic E-state index is 0.845. The van der Waals surface area contributed by atoms with Crippen LogP contribution in [-0.4, -0.2) is 4.98 Å². The van der Waals surface area contributed by atoms with Gasteiger partial charge in [-0.2, -0.15) is 4.57 Å². The monoisotopic (exact) mass is 289 g/mol. The third kappa shape index (κ3) is 1.90. The smallest absolute Gasteiger partial charge is 0.231 e. The molecular formula is C19H17N2O+. The lowest BCUT2D eigenvalue weighted by Crippen LogP contribution is -2.30. The Morgan fingerprint density at radius 2 is 1.82 bits per heavy atom. The highest BCUT2D eigenvalue weighted by Crippen LogP contribution is 2.30. The van der Waals surface area contributed by atoms with Crippen molar-refractivity contribution < 1.29 is 8.98 Å². The lowest BCUT2D eigenvalue weighted by atomic mass is 10.1. The van der Waals surface area contributed by atoms with E-state index in [0.29, 0.717) is 0 Å². The molecular weight excluding hydrogens is 272 g/mol. The molecule has 3 aromatic heterocycles. The number of benzene rings is 1. The zero-order valence-electron chi connectivity index (χ0n) is 12.9. The molecule has 0 radical (unpaired) electrons. The van der Waals surface area contributed by atoms with Gasteiger partial charge in [-0.25, -0.2) is 4.98 Å². The molecule has 0 bridgehead atoms. The van der Waals surface area contributed by atoms with Crippen molar-refractivity contribution in [3.05, 3.63) is 59.8 Å². The summed E-state index contributed by atoms with van der Waals surface area (Å²) in [6.45, 7) is 4.18. The van der Waals surface area contributed by atoms with Gasteiger partial charge in [-0.15, -0.1) is 0 Å². The van der Waals surface area contributed by atoms with Crippen LogP contribution in [0.2, 0.25) is 0 Å². The van der Waals surface area contributed by atoms with Crippen LogP contribution >= 0.6 is 0 Å². The molecule has 3 heteroatoms. The van der Waals surface area contributed by atoms with Crippen molar-refractivity contribution in [2.75, 3.05) is 0 Å². The van der Waals surface area contributed by atoms with Crippen molar-refractivity contribution >= 4 is 22.1 Å². The van der Waals surface area contributed by atoms with E-state index in [1.54, 1.807) is 0 Å². The molecule has 4 aromatic rings. The van der Waals surface area contributed by atoms with E-state index in [1.807, 2.05) is 25.2 Å². The highest BCUT2D eigenvalue weighted by atomic mass is 16.3. The largest absolute Gasteiger partial charge is 0.454 e. The van der Waals surface area contributed by atoms with Gasteiger partial charge < -0.3 is 4.42 Å². The van der Waals surface area contributed by atoms with Crippen LogP contribution in [-0.2, 0) is 7.05 Å². The van der Waals surface area contributed by atoms with E-state index in [1.165, 1.54) is 5.56 Å². The van der Waals surface area contributed by atoms with Crippen molar-refractivity contribution in [3.63, 3.8) is 0 Å². The number of rotatable bonds is 1. The van der Waals surface area contributed by atoms with Gasteiger partial charge in [-0.1, -0.05) is 12.1 Å². The Kier molecular flexibility index (Phi) is 2.76. The first kappa shape index (κ1) is 13.0. The summed E-state index contributed by atoms with van der Waals surface area (Å²) in [5.74, 6) is 0. The van der Waals surface area contributed by atoms with Crippen LogP contribution in [0.3, 0.4) is 0 Å². The molecule has 3 nitrogen and oxygen atoms in total. The van der Waals surface area contributed by atoms with Crippen molar-refractivity contribution in [3.8, 4) is 11.4 Å². The Morgan fingerprint density at radius 1 is 1.00 bits per heavy atom. The average molecular weight is 289 g/mol. The number of para-hydroxylation sites is 1. The molecule has 0 aliphatic carbocycles. The van der Waals surface area contributed by atoms with E-state index >= 15 is 0 Å². The summed E-state index contributed by atoms with van der Waals surface area (Å²) in [6.07, 6.45) is 2.07. The molecule has 4 rings (SSSR count). The second kappa shape index (κ2) is 4.67. The predicted molar refractivity (Wildman–Crippen MR) is 87.6 cm³/mol. The fourth-order valence-electron chi connectivity index (χ4n) is 2.90. The molecule has 0 N–H and O–H groups in total. The maximum Gasteiger partial charge on any atom is 0.231 e. The Labute approximate surface area is 128 Å². The van der Waals surface area contributed by atoms with E-state index in [4.69, 9.17) is 9.40 Å². The molecule has 0 amide bonds. The Morgan fingerprint density at radius 3 is 2.68 bits per heavy atom. The van der Waals surface area contributed by atoms with Gasteiger partial charge in [0.25, 0.3) is 0 Å². The zero-order valence-corrected chi connectivity index (χ0v) is 12.9. The molecule has 0 atom stereocenters. The van der Waals surface area contributed by atoms with Crippen molar-refractivity contribution in [1.82, 2.24) is 4.98 Å². The van der Waals surface area contributed by atoms with Gasteiger partial charge in [0.15, 0.2) is 11.8 Å². The first-order valence-corrected chi connectivity index (χ1v) is 7.39. The van der Waals surface area contributed by atoms with Crippen LogP contribution in [0.1, 0.15) is 11.1 Å². The minimum atomic E-state index is 0.845. The van der Waals surface area contributed by atoms with Crippen LogP contribution in [0.4, 0.5) is 0 Å². The van der Waals surface area contributed by atoms with E-state index in [-0.39, 0.29) is 0 Å². The van der Waals surface area contributed by atoms with E-state index in [9.17, 15) is 0 Å². The molecule has 0 fully saturated rings. The van der Waals surface area contributed by atoms with Gasteiger partial charge in [0, 0.05) is 17.5 Å². The third-order valence-electron chi connectivity index (χ3n) is 4.09. The van der Waals surface area contributed by atoms with Gasteiger partial charge in [-0.3, -0.25) is 0 Å². The fraction of sp³-hybridized carbons (Fsp3) is 0.158. The van der Waals surface area contributed by atoms with Crippen LogP contribution in [0.25, 0.3) is 33.5 Å². The van der Waals surface area contributed by atoms with Crippen LogP contribution in [0.5, 0.6) is 0 Å². The van der Waals surface area contributed by atoms with Gasteiger partial charge in [0.05, 0.1) is 0 Å². The summed E-state index contributed by atoms with van der Waals surface area (Å²) >= 11 is 0. The van der Waals surface area contributed by atoms with E-state index < -0.39 is 0 Å². The number of furan rings is 1. The normalized spacial score (nSPS) is 11.4. The summed E-state index contributed by atoms with van der Waals surface area (Å²) in [4.78, 5) is 4.92. The molecule has 0 aliphatic heterocycles. The molecule has 0 unspecified atom stereocenters. The number of aromatic nitrogens is 2. The zero-order chi connectivity index (χ0) is 15.3. The Balaban J connectivity index is 2.07. The summed E-state index contributed by atoms with van der Waals surface area (Å²) < 4.78 is 8.02. The van der Waals surface area contributed by atoms with Gasteiger partial charge in [0.2, 0.25) is 5.69 Å². The number of fused-ring (bicyclic) bond motifs is 3. The number of hydrogen-bond donors (Lipinski definition) is 0. The Hall–Kier alpha value is -2.68. The first-order chi connectivity index (χ1) is 10.6. The van der Waals surface area contributed by atoms with Gasteiger partial charge in [0.1, 0.15) is 23.8 Å². The van der Waals surface area contributed by atoms with Crippen LogP contribution in [0.15, 0.2) is 53.1 Å². The third-order valence-corrected chi connectivity index (χ3v) is 4.09. The van der Waals surface area contributed by atoms with Crippen molar-refractivity contribution in [2.24, 2.45) is 7.05 Å². The number of nitrogens with zero attached hydrogens (tertiary/aromatic N) is 2. The number of aryl methyl sites for hydroxylation is 3. The standard InChI is InChI=1S/C19H17N2O/c1-12-8-9-21(3)15(10-12)18-13(2)11-17-19(20-18)14-6-4-5-7-16(14)22-17/h4-11H,1-3H3/q+1. The van der Waals surface area contributed by atoms with Crippen LogP contribution < -0.4 is 4.57 Å². The lowest BCUT2D eigenvalue weighted by molar-refractivity contribution is -0.660. The number of pyridine rings is 2. The second-order valence-corrected chi connectivity index (χ2v) is 5.80. The molecule has 22 heavy (non-hydrogen) atoms. The Bertz CT molecular complexity index is 1010. The van der Waals surface area contributed by atoms with Crippen molar-refractivity contribution in [2.45, 2.75) is 13.8 Å². The summed E-state index contributed by atoms with van der Waals surface area (Å²) in [7, 11) is 2.05. The molecule has 1 aromatic carbocycles. The highest BCUT2D eigenvalue weighted by molar-refractivity contribution is 6.03. The molecule has 108 valence electrons. The minimum Gasteiger partial charge on any atom is -0.454 e. The lowest BCUT2D eigenvalue weighted by Gasteiger charge is -2.04. The maximum atomic E-state index is 5.91. The van der Waals surface area contributed by atoms with E-state index in [2.05, 4.69) is 48.9 Å². The molecule has 0 saturated heterocycles. The topological polar surface area (TPSA) is 29.9 Å².